The fraction of sp³-hybridized carbons (Fsp3) is 0.308. The van der Waals surface area contributed by atoms with Crippen molar-refractivity contribution in [3.8, 4) is 0 Å². The largest absolute Gasteiger partial charge is 0.383 e. The van der Waals surface area contributed by atoms with E-state index >= 15 is 0 Å². The molecule has 0 aliphatic rings. The first-order valence-corrected chi connectivity index (χ1v) is 6.25. The SMILES string of the molecule is CCCn1cc(C(O)c2cc(F)c(Cl)cc2F)cn1. The molecule has 0 amide bonds. The Kier molecular flexibility index (Phi) is 4.17. The Bertz CT molecular complexity index is 586. The first-order chi connectivity index (χ1) is 9.02. The zero-order valence-corrected chi connectivity index (χ0v) is 11.0. The van der Waals surface area contributed by atoms with E-state index in [1.807, 2.05) is 6.92 Å². The Labute approximate surface area is 114 Å². The van der Waals surface area contributed by atoms with Gasteiger partial charge in [0.2, 0.25) is 0 Å². The minimum atomic E-state index is -1.27. The Hall–Kier alpha value is -1.46. The van der Waals surface area contributed by atoms with Crippen LogP contribution in [0.3, 0.4) is 0 Å². The molecule has 0 fully saturated rings. The summed E-state index contributed by atoms with van der Waals surface area (Å²) in [5.41, 5.74) is 0.257. The Morgan fingerprint density at radius 3 is 2.79 bits per heavy atom. The molecule has 0 spiro atoms. The topological polar surface area (TPSA) is 38.0 Å². The fourth-order valence-corrected chi connectivity index (χ4v) is 1.95. The van der Waals surface area contributed by atoms with Gasteiger partial charge >= 0.3 is 0 Å². The van der Waals surface area contributed by atoms with Crippen LogP contribution < -0.4 is 0 Å². The van der Waals surface area contributed by atoms with Gasteiger partial charge in [-0.2, -0.15) is 5.10 Å². The molecule has 0 radical (unpaired) electrons. The lowest BCUT2D eigenvalue weighted by Crippen LogP contribution is -2.03. The van der Waals surface area contributed by atoms with Crippen LogP contribution in [0, 0.1) is 11.6 Å². The number of hydrogen-bond acceptors (Lipinski definition) is 2. The molecule has 102 valence electrons. The minimum Gasteiger partial charge on any atom is -0.383 e. The quantitative estimate of drug-likeness (QED) is 0.876. The monoisotopic (exact) mass is 286 g/mol. The Balaban J connectivity index is 2.32. The van der Waals surface area contributed by atoms with Gasteiger partial charge in [-0.05, 0) is 18.6 Å². The number of aromatic nitrogens is 2. The van der Waals surface area contributed by atoms with Crippen LogP contribution in [0.5, 0.6) is 0 Å². The molecule has 0 saturated heterocycles. The van der Waals surface area contributed by atoms with Crippen molar-refractivity contribution >= 4 is 11.6 Å². The van der Waals surface area contributed by atoms with Crippen LogP contribution in [0.2, 0.25) is 5.02 Å². The van der Waals surface area contributed by atoms with Crippen molar-refractivity contribution < 1.29 is 13.9 Å². The summed E-state index contributed by atoms with van der Waals surface area (Å²) >= 11 is 5.47. The number of aliphatic hydroxyl groups is 1. The van der Waals surface area contributed by atoms with Crippen LogP contribution in [0.25, 0.3) is 0 Å². The highest BCUT2D eigenvalue weighted by Crippen LogP contribution is 2.27. The van der Waals surface area contributed by atoms with Gasteiger partial charge in [-0.25, -0.2) is 8.78 Å². The normalized spacial score (nSPS) is 12.7. The lowest BCUT2D eigenvalue weighted by molar-refractivity contribution is 0.214. The molecule has 2 rings (SSSR count). The standard InChI is InChI=1S/C13H13ClF2N2O/c1-2-3-18-7-8(6-17-18)13(19)9-4-12(16)10(14)5-11(9)15/h4-7,13,19H,2-3H2,1H3. The first-order valence-electron chi connectivity index (χ1n) is 5.87. The second-order valence-electron chi connectivity index (χ2n) is 4.23. The van der Waals surface area contributed by atoms with Crippen molar-refractivity contribution in [2.45, 2.75) is 26.0 Å². The molecule has 1 aromatic carbocycles. The molecule has 0 aliphatic heterocycles. The summed E-state index contributed by atoms with van der Waals surface area (Å²) < 4.78 is 28.7. The highest BCUT2D eigenvalue weighted by Gasteiger charge is 2.19. The maximum Gasteiger partial charge on any atom is 0.142 e. The number of aryl methyl sites for hydroxylation is 1. The van der Waals surface area contributed by atoms with Crippen LogP contribution in [-0.4, -0.2) is 14.9 Å². The molecule has 1 unspecified atom stereocenters. The van der Waals surface area contributed by atoms with E-state index in [0.717, 1.165) is 18.6 Å². The van der Waals surface area contributed by atoms with E-state index in [2.05, 4.69) is 5.10 Å². The van der Waals surface area contributed by atoms with E-state index in [-0.39, 0.29) is 10.6 Å². The summed E-state index contributed by atoms with van der Waals surface area (Å²) in [4.78, 5) is 0. The molecular formula is C13H13ClF2N2O. The van der Waals surface area contributed by atoms with Gasteiger partial charge in [-0.3, -0.25) is 4.68 Å². The Morgan fingerprint density at radius 1 is 1.37 bits per heavy atom. The van der Waals surface area contributed by atoms with Crippen molar-refractivity contribution in [1.82, 2.24) is 9.78 Å². The highest BCUT2D eigenvalue weighted by atomic mass is 35.5. The van der Waals surface area contributed by atoms with Gasteiger partial charge in [0.1, 0.15) is 17.7 Å². The first kappa shape index (κ1) is 14.0. The molecule has 3 nitrogen and oxygen atoms in total. The maximum atomic E-state index is 13.7. The minimum absolute atomic E-state index is 0.155. The van der Waals surface area contributed by atoms with E-state index in [9.17, 15) is 13.9 Å². The predicted molar refractivity (Wildman–Crippen MR) is 67.9 cm³/mol. The summed E-state index contributed by atoms with van der Waals surface area (Å²) in [6.45, 7) is 2.69. The van der Waals surface area contributed by atoms with Crippen LogP contribution >= 0.6 is 11.6 Å². The van der Waals surface area contributed by atoms with Crippen LogP contribution in [0.15, 0.2) is 24.5 Å². The van der Waals surface area contributed by atoms with Gasteiger partial charge in [0, 0.05) is 23.9 Å². The van der Waals surface area contributed by atoms with E-state index < -0.39 is 17.7 Å². The van der Waals surface area contributed by atoms with Gasteiger partial charge in [0.25, 0.3) is 0 Å². The van der Waals surface area contributed by atoms with Crippen molar-refractivity contribution in [3.63, 3.8) is 0 Å². The van der Waals surface area contributed by atoms with Crippen molar-refractivity contribution in [3.05, 3.63) is 52.3 Å². The zero-order valence-electron chi connectivity index (χ0n) is 10.3. The molecule has 2 aromatic rings. The maximum absolute atomic E-state index is 13.7. The summed E-state index contributed by atoms with van der Waals surface area (Å²) in [7, 11) is 0. The smallest absolute Gasteiger partial charge is 0.142 e. The number of hydrogen-bond donors (Lipinski definition) is 1. The average molecular weight is 287 g/mol. The molecular weight excluding hydrogens is 274 g/mol. The molecule has 1 heterocycles. The van der Waals surface area contributed by atoms with Gasteiger partial charge in [-0.15, -0.1) is 0 Å². The van der Waals surface area contributed by atoms with E-state index in [0.29, 0.717) is 12.1 Å². The van der Waals surface area contributed by atoms with Gasteiger partial charge in [0.05, 0.1) is 11.2 Å². The molecule has 6 heteroatoms. The number of benzene rings is 1. The molecule has 1 atom stereocenters. The second kappa shape index (κ2) is 5.67. The second-order valence-corrected chi connectivity index (χ2v) is 4.63. The number of halogens is 3. The van der Waals surface area contributed by atoms with Crippen molar-refractivity contribution in [2.75, 3.05) is 0 Å². The fourth-order valence-electron chi connectivity index (χ4n) is 1.80. The van der Waals surface area contributed by atoms with Crippen LogP contribution in [0.1, 0.15) is 30.6 Å². The summed E-state index contributed by atoms with van der Waals surface area (Å²) in [5, 5.41) is 13.8. The lowest BCUT2D eigenvalue weighted by atomic mass is 10.0. The third kappa shape index (κ3) is 2.93. The predicted octanol–water partition coefficient (Wildman–Crippen LogP) is 3.31. The van der Waals surface area contributed by atoms with Crippen LogP contribution in [0.4, 0.5) is 8.78 Å². The third-order valence-electron chi connectivity index (χ3n) is 2.76. The molecule has 1 aromatic heterocycles. The van der Waals surface area contributed by atoms with Gasteiger partial charge in [0.15, 0.2) is 0 Å². The van der Waals surface area contributed by atoms with Gasteiger partial charge < -0.3 is 5.11 Å². The molecule has 1 N–H and O–H groups in total. The van der Waals surface area contributed by atoms with Gasteiger partial charge in [-0.1, -0.05) is 18.5 Å². The zero-order chi connectivity index (χ0) is 14.0. The van der Waals surface area contributed by atoms with Crippen molar-refractivity contribution in [1.29, 1.82) is 0 Å². The average Bonchev–Trinajstić information content (AvgIpc) is 2.82. The molecule has 0 aliphatic carbocycles. The number of aliphatic hydroxyl groups excluding tert-OH is 1. The summed E-state index contributed by atoms with van der Waals surface area (Å²) in [6, 6.07) is 1.76. The number of rotatable bonds is 4. The molecule has 0 saturated carbocycles. The highest BCUT2D eigenvalue weighted by molar-refractivity contribution is 6.30. The van der Waals surface area contributed by atoms with Crippen molar-refractivity contribution in [2.24, 2.45) is 0 Å². The lowest BCUT2D eigenvalue weighted by Gasteiger charge is -2.10. The summed E-state index contributed by atoms with van der Waals surface area (Å²) in [5.74, 6) is -1.51. The van der Waals surface area contributed by atoms with E-state index in [1.54, 1.807) is 10.9 Å². The summed E-state index contributed by atoms with van der Waals surface area (Å²) in [6.07, 6.45) is 2.67. The Morgan fingerprint density at radius 2 is 2.11 bits per heavy atom. The third-order valence-corrected chi connectivity index (χ3v) is 3.05. The van der Waals surface area contributed by atoms with Crippen LogP contribution in [-0.2, 0) is 6.54 Å². The molecule has 0 bridgehead atoms. The molecule has 19 heavy (non-hydrogen) atoms. The number of nitrogens with zero attached hydrogens (tertiary/aromatic N) is 2. The van der Waals surface area contributed by atoms with E-state index in [1.165, 1.54) is 6.20 Å². The van der Waals surface area contributed by atoms with E-state index in [4.69, 9.17) is 11.6 Å².